The molecule has 0 heterocycles. The number of hydrogen-bond acceptors (Lipinski definition) is 0. The van der Waals surface area contributed by atoms with Crippen molar-refractivity contribution in [2.24, 2.45) is 0 Å². The molecule has 0 heteroatoms. The van der Waals surface area contributed by atoms with Crippen LogP contribution in [0.25, 0.3) is 12.2 Å². The molecule has 0 spiro atoms. The van der Waals surface area contributed by atoms with Crippen molar-refractivity contribution in [1.29, 1.82) is 0 Å². The van der Waals surface area contributed by atoms with Gasteiger partial charge in [0.05, 0.1) is 0 Å². The molecule has 0 fully saturated rings. The van der Waals surface area contributed by atoms with Crippen LogP contribution in [0.2, 0.25) is 0 Å². The maximum atomic E-state index is 3.75. The average Bonchev–Trinajstić information content (AvgIpc) is 2.40. The maximum absolute atomic E-state index is 3.75. The Morgan fingerprint density at radius 2 is 1.00 bits per heavy atom. The normalized spacial score (nSPS) is 9.88. The van der Waals surface area contributed by atoms with Crippen LogP contribution in [0.15, 0.2) is 61.7 Å². The van der Waals surface area contributed by atoms with E-state index in [0.29, 0.717) is 0 Å². The quantitative estimate of drug-likeness (QED) is 0.708. The molecule has 84 valence electrons. The highest BCUT2D eigenvalue weighted by molar-refractivity contribution is 5.49. The van der Waals surface area contributed by atoms with Crippen LogP contribution in [0.4, 0.5) is 0 Å². The van der Waals surface area contributed by atoms with Crippen LogP contribution in [0.5, 0.6) is 0 Å². The zero-order valence-electron chi connectivity index (χ0n) is 9.89. The summed E-state index contributed by atoms with van der Waals surface area (Å²) in [6.07, 6.45) is 4.69. The van der Waals surface area contributed by atoms with Gasteiger partial charge in [0.2, 0.25) is 0 Å². The monoisotopic (exact) mass is 220 g/mol. The van der Waals surface area contributed by atoms with Gasteiger partial charge in [-0.15, -0.1) is 0 Å². The van der Waals surface area contributed by atoms with Gasteiger partial charge in [0, 0.05) is 0 Å². The van der Waals surface area contributed by atoms with E-state index in [1.54, 1.807) is 0 Å². The predicted molar refractivity (Wildman–Crippen MR) is 75.9 cm³/mol. The van der Waals surface area contributed by atoms with Crippen molar-refractivity contribution >= 4 is 12.2 Å². The Morgan fingerprint density at radius 1 is 0.647 bits per heavy atom. The minimum absolute atomic E-state index is 0.967. The second kappa shape index (κ2) is 5.31. The SMILES string of the molecule is C=Cc1ccc(Cc2ccc(C=C)cc2)cc1. The van der Waals surface area contributed by atoms with Gasteiger partial charge in [-0.1, -0.05) is 73.8 Å². The summed E-state index contributed by atoms with van der Waals surface area (Å²) in [6.45, 7) is 7.51. The second-order valence-corrected chi connectivity index (χ2v) is 4.07. The van der Waals surface area contributed by atoms with E-state index in [9.17, 15) is 0 Å². The molecule has 0 N–H and O–H groups in total. The molecule has 0 aliphatic heterocycles. The first-order valence-corrected chi connectivity index (χ1v) is 5.74. The van der Waals surface area contributed by atoms with E-state index in [1.165, 1.54) is 11.1 Å². The maximum Gasteiger partial charge on any atom is -0.00258 e. The molecule has 0 bridgehead atoms. The van der Waals surface area contributed by atoms with Crippen molar-refractivity contribution in [2.75, 3.05) is 0 Å². The van der Waals surface area contributed by atoms with Gasteiger partial charge in [0.25, 0.3) is 0 Å². The van der Waals surface area contributed by atoms with Crippen molar-refractivity contribution < 1.29 is 0 Å². The summed E-state index contributed by atoms with van der Waals surface area (Å²) in [7, 11) is 0. The largest absolute Gasteiger partial charge is 0.0985 e. The third-order valence-corrected chi connectivity index (χ3v) is 2.84. The summed E-state index contributed by atoms with van der Waals surface area (Å²) in [5, 5.41) is 0. The van der Waals surface area contributed by atoms with Crippen LogP contribution in [0.3, 0.4) is 0 Å². The van der Waals surface area contributed by atoms with Gasteiger partial charge in [-0.3, -0.25) is 0 Å². The van der Waals surface area contributed by atoms with Crippen LogP contribution in [-0.2, 0) is 6.42 Å². The van der Waals surface area contributed by atoms with Crippen LogP contribution in [0, 0.1) is 0 Å². The van der Waals surface area contributed by atoms with Gasteiger partial charge in [-0.05, 0) is 28.7 Å². The molecule has 2 rings (SSSR count). The smallest absolute Gasteiger partial charge is 0.00258 e. The fraction of sp³-hybridized carbons (Fsp3) is 0.0588. The third-order valence-electron chi connectivity index (χ3n) is 2.84. The lowest BCUT2D eigenvalue weighted by Gasteiger charge is -2.03. The number of benzene rings is 2. The third kappa shape index (κ3) is 2.94. The molecule has 0 nitrogen and oxygen atoms in total. The van der Waals surface area contributed by atoms with Crippen molar-refractivity contribution in [3.63, 3.8) is 0 Å². The van der Waals surface area contributed by atoms with E-state index in [-0.39, 0.29) is 0 Å². The number of hydrogen-bond donors (Lipinski definition) is 0. The van der Waals surface area contributed by atoms with E-state index in [4.69, 9.17) is 0 Å². The molecule has 0 unspecified atom stereocenters. The summed E-state index contributed by atoms with van der Waals surface area (Å²) in [4.78, 5) is 0. The van der Waals surface area contributed by atoms with Crippen molar-refractivity contribution in [1.82, 2.24) is 0 Å². The highest BCUT2D eigenvalue weighted by atomic mass is 14.0. The van der Waals surface area contributed by atoms with Crippen LogP contribution < -0.4 is 0 Å². The molecular formula is C17H16. The van der Waals surface area contributed by atoms with Gasteiger partial charge >= 0.3 is 0 Å². The lowest BCUT2D eigenvalue weighted by Crippen LogP contribution is -1.88. The summed E-state index contributed by atoms with van der Waals surface area (Å²) >= 11 is 0. The van der Waals surface area contributed by atoms with E-state index in [0.717, 1.165) is 17.5 Å². The molecule has 0 aromatic heterocycles. The Balaban J connectivity index is 2.13. The molecule has 0 saturated heterocycles. The van der Waals surface area contributed by atoms with Crippen molar-refractivity contribution in [2.45, 2.75) is 6.42 Å². The number of rotatable bonds is 4. The van der Waals surface area contributed by atoms with Gasteiger partial charge in [-0.2, -0.15) is 0 Å². The van der Waals surface area contributed by atoms with Crippen molar-refractivity contribution in [3.05, 3.63) is 83.9 Å². The molecule has 0 saturated carbocycles. The zero-order valence-corrected chi connectivity index (χ0v) is 9.89. The minimum Gasteiger partial charge on any atom is -0.0985 e. The summed E-state index contributed by atoms with van der Waals surface area (Å²) in [6, 6.07) is 17.0. The highest BCUT2D eigenvalue weighted by Gasteiger charge is 1.96. The van der Waals surface area contributed by atoms with Crippen molar-refractivity contribution in [3.8, 4) is 0 Å². The first-order valence-electron chi connectivity index (χ1n) is 5.74. The average molecular weight is 220 g/mol. The van der Waals surface area contributed by atoms with Crippen LogP contribution in [-0.4, -0.2) is 0 Å². The Labute approximate surface area is 103 Å². The molecular weight excluding hydrogens is 204 g/mol. The fourth-order valence-corrected chi connectivity index (χ4v) is 1.78. The molecule has 0 aliphatic rings. The van der Waals surface area contributed by atoms with Gasteiger partial charge < -0.3 is 0 Å². The lowest BCUT2D eigenvalue weighted by atomic mass is 10.0. The Morgan fingerprint density at radius 3 is 1.29 bits per heavy atom. The first-order chi connectivity index (χ1) is 8.31. The zero-order chi connectivity index (χ0) is 12.1. The first kappa shape index (κ1) is 11.4. The second-order valence-electron chi connectivity index (χ2n) is 4.07. The van der Waals surface area contributed by atoms with Crippen LogP contribution in [0.1, 0.15) is 22.3 Å². The summed E-state index contributed by atoms with van der Waals surface area (Å²) in [5.74, 6) is 0. The molecule has 0 amide bonds. The summed E-state index contributed by atoms with van der Waals surface area (Å²) < 4.78 is 0. The molecule has 0 radical (unpaired) electrons. The van der Waals surface area contributed by atoms with E-state index in [2.05, 4.69) is 61.7 Å². The van der Waals surface area contributed by atoms with Gasteiger partial charge in [0.1, 0.15) is 0 Å². The Bertz CT molecular complexity index is 451. The Kier molecular flexibility index (Phi) is 3.56. The van der Waals surface area contributed by atoms with Gasteiger partial charge in [-0.25, -0.2) is 0 Å². The molecule has 2 aromatic carbocycles. The summed E-state index contributed by atoms with van der Waals surface area (Å²) in [5.41, 5.74) is 4.97. The fourth-order valence-electron chi connectivity index (χ4n) is 1.78. The van der Waals surface area contributed by atoms with E-state index < -0.39 is 0 Å². The lowest BCUT2D eigenvalue weighted by molar-refractivity contribution is 1.19. The van der Waals surface area contributed by atoms with Crippen LogP contribution >= 0.6 is 0 Å². The Hall–Kier alpha value is -2.08. The van der Waals surface area contributed by atoms with Gasteiger partial charge in [0.15, 0.2) is 0 Å². The molecule has 2 aromatic rings. The molecule has 0 aliphatic carbocycles. The highest BCUT2D eigenvalue weighted by Crippen LogP contribution is 2.12. The van der Waals surface area contributed by atoms with E-state index in [1.807, 2.05) is 12.2 Å². The standard InChI is InChI=1S/C17H16/c1-3-14-5-9-16(10-6-14)13-17-11-7-15(4-2)8-12-17/h3-12H,1-2,13H2. The van der Waals surface area contributed by atoms with E-state index >= 15 is 0 Å². The predicted octanol–water partition coefficient (Wildman–Crippen LogP) is 4.56. The molecule has 17 heavy (non-hydrogen) atoms. The minimum atomic E-state index is 0.967. The topological polar surface area (TPSA) is 0 Å². The molecule has 0 atom stereocenters.